The van der Waals surface area contributed by atoms with Crippen LogP contribution in [0, 0.1) is 0 Å². The van der Waals surface area contributed by atoms with Gasteiger partial charge in [-0.05, 0) is 38.3 Å². The molecule has 2 rings (SSSR count). The maximum Gasteiger partial charge on any atom is 0.411 e. The molecule has 0 saturated carbocycles. The van der Waals surface area contributed by atoms with Gasteiger partial charge in [0.2, 0.25) is 5.91 Å². The Morgan fingerprint density at radius 1 is 1.25 bits per heavy atom. The molecule has 132 valence electrons. The molecule has 0 aliphatic carbocycles. The Balaban J connectivity index is 2.19. The third-order valence-electron chi connectivity index (χ3n) is 4.01. The number of unbranched alkanes of at least 4 members (excludes halogenated alkanes) is 1. The first-order valence-electron chi connectivity index (χ1n) is 8.66. The Kier molecular flexibility index (Phi) is 5.86. The molecule has 2 amide bonds. The first kappa shape index (κ1) is 18.3. The summed E-state index contributed by atoms with van der Waals surface area (Å²) in [7, 11) is 0. The summed E-state index contributed by atoms with van der Waals surface area (Å²) in [6.45, 7) is 8.61. The highest BCUT2D eigenvalue weighted by Gasteiger charge is 2.36. The third kappa shape index (κ3) is 4.73. The summed E-state index contributed by atoms with van der Waals surface area (Å²) in [6, 6.07) is 7.42. The molecule has 1 aliphatic heterocycles. The summed E-state index contributed by atoms with van der Waals surface area (Å²) in [5.41, 5.74) is 1.60. The lowest BCUT2D eigenvalue weighted by atomic mass is 9.94. The minimum atomic E-state index is -0.586. The third-order valence-corrected chi connectivity index (χ3v) is 4.01. The molecule has 1 atom stereocenters. The highest BCUT2D eigenvalue weighted by atomic mass is 16.6. The zero-order valence-electron chi connectivity index (χ0n) is 15.1. The van der Waals surface area contributed by atoms with Crippen molar-refractivity contribution in [2.45, 2.75) is 65.1 Å². The molecule has 0 saturated heterocycles. The molecule has 1 unspecified atom stereocenters. The maximum absolute atomic E-state index is 12.6. The van der Waals surface area contributed by atoms with Gasteiger partial charge in [-0.1, -0.05) is 37.6 Å². The van der Waals surface area contributed by atoms with E-state index in [1.807, 2.05) is 45.0 Å². The molecular weight excluding hydrogens is 304 g/mol. The number of nitrogens with one attached hydrogen (secondary N) is 1. The maximum atomic E-state index is 12.6. The van der Waals surface area contributed by atoms with Crippen LogP contribution in [-0.4, -0.2) is 35.1 Å². The Labute approximate surface area is 144 Å². The number of benzene rings is 1. The van der Waals surface area contributed by atoms with Crippen LogP contribution in [0.5, 0.6) is 0 Å². The molecule has 1 heterocycles. The lowest BCUT2D eigenvalue weighted by Crippen LogP contribution is -2.53. The quantitative estimate of drug-likeness (QED) is 0.861. The van der Waals surface area contributed by atoms with Gasteiger partial charge in [0.25, 0.3) is 0 Å². The molecule has 5 nitrogen and oxygen atoms in total. The van der Waals surface area contributed by atoms with Crippen LogP contribution in [0.15, 0.2) is 24.3 Å². The molecule has 0 radical (unpaired) electrons. The lowest BCUT2D eigenvalue weighted by molar-refractivity contribution is -0.127. The molecule has 1 N–H and O–H groups in total. The molecule has 1 aromatic rings. The van der Waals surface area contributed by atoms with Crippen molar-refractivity contribution >= 4 is 12.0 Å². The van der Waals surface area contributed by atoms with Crippen LogP contribution >= 0.6 is 0 Å². The minimum absolute atomic E-state index is 0.108. The standard InChI is InChI=1S/C19H28N2O3/c1-5-6-11-20-17(22)16-12-14-9-7-8-10-15(14)13-21(16)18(23)24-19(2,3)4/h7-10,16H,5-6,11-13H2,1-4H3,(H,20,22). The van der Waals surface area contributed by atoms with Gasteiger partial charge < -0.3 is 10.1 Å². The fourth-order valence-corrected chi connectivity index (χ4v) is 2.78. The van der Waals surface area contributed by atoms with Gasteiger partial charge in [0.1, 0.15) is 11.6 Å². The molecular formula is C19H28N2O3. The van der Waals surface area contributed by atoms with E-state index in [0.29, 0.717) is 19.5 Å². The van der Waals surface area contributed by atoms with Crippen molar-refractivity contribution < 1.29 is 14.3 Å². The van der Waals surface area contributed by atoms with E-state index in [1.54, 1.807) is 4.90 Å². The second-order valence-corrected chi connectivity index (χ2v) is 7.24. The molecule has 1 aromatic carbocycles. The summed E-state index contributed by atoms with van der Waals surface area (Å²) in [4.78, 5) is 26.7. The number of fused-ring (bicyclic) bond motifs is 1. The zero-order chi connectivity index (χ0) is 17.7. The minimum Gasteiger partial charge on any atom is -0.444 e. The SMILES string of the molecule is CCCCNC(=O)C1Cc2ccccc2CN1C(=O)OC(C)(C)C. The van der Waals surface area contributed by atoms with Crippen molar-refractivity contribution in [1.82, 2.24) is 10.2 Å². The topological polar surface area (TPSA) is 58.6 Å². The molecule has 0 bridgehead atoms. The van der Waals surface area contributed by atoms with Crippen LogP contribution in [0.1, 0.15) is 51.7 Å². The van der Waals surface area contributed by atoms with Crippen molar-refractivity contribution in [3.63, 3.8) is 0 Å². The number of hydrogen-bond donors (Lipinski definition) is 1. The number of nitrogens with zero attached hydrogens (tertiary/aromatic N) is 1. The van der Waals surface area contributed by atoms with Gasteiger partial charge in [0, 0.05) is 13.0 Å². The Morgan fingerprint density at radius 3 is 2.54 bits per heavy atom. The van der Waals surface area contributed by atoms with Crippen molar-refractivity contribution in [1.29, 1.82) is 0 Å². The van der Waals surface area contributed by atoms with E-state index in [2.05, 4.69) is 12.2 Å². The monoisotopic (exact) mass is 332 g/mol. The summed E-state index contributed by atoms with van der Waals surface area (Å²) in [5.74, 6) is -0.108. The van der Waals surface area contributed by atoms with Gasteiger partial charge in [-0.15, -0.1) is 0 Å². The number of carbonyl (C=O) groups is 2. The summed E-state index contributed by atoms with van der Waals surface area (Å²) in [5, 5.41) is 2.94. The normalized spacial score (nSPS) is 17.2. The number of carbonyl (C=O) groups excluding carboxylic acids is 2. The number of rotatable bonds is 4. The van der Waals surface area contributed by atoms with Crippen molar-refractivity contribution in [2.24, 2.45) is 0 Å². The Bertz CT molecular complexity index is 593. The van der Waals surface area contributed by atoms with Crippen LogP contribution < -0.4 is 5.32 Å². The highest BCUT2D eigenvalue weighted by Crippen LogP contribution is 2.25. The highest BCUT2D eigenvalue weighted by molar-refractivity contribution is 5.86. The van der Waals surface area contributed by atoms with Gasteiger partial charge in [0.15, 0.2) is 0 Å². The molecule has 5 heteroatoms. The van der Waals surface area contributed by atoms with E-state index in [9.17, 15) is 9.59 Å². The first-order valence-corrected chi connectivity index (χ1v) is 8.66. The molecule has 24 heavy (non-hydrogen) atoms. The summed E-state index contributed by atoms with van der Waals surface area (Å²) >= 11 is 0. The zero-order valence-corrected chi connectivity index (χ0v) is 15.1. The van der Waals surface area contributed by atoms with E-state index in [4.69, 9.17) is 4.74 Å². The van der Waals surface area contributed by atoms with Crippen molar-refractivity contribution in [2.75, 3.05) is 6.54 Å². The second-order valence-electron chi connectivity index (χ2n) is 7.24. The lowest BCUT2D eigenvalue weighted by Gasteiger charge is -2.36. The summed E-state index contributed by atoms with van der Waals surface area (Å²) < 4.78 is 5.51. The van der Waals surface area contributed by atoms with Gasteiger partial charge in [-0.2, -0.15) is 0 Å². The predicted octanol–water partition coefficient (Wildman–Crippen LogP) is 3.26. The largest absolute Gasteiger partial charge is 0.444 e. The predicted molar refractivity (Wildman–Crippen MR) is 93.6 cm³/mol. The number of ether oxygens (including phenoxy) is 1. The smallest absolute Gasteiger partial charge is 0.411 e. The van der Waals surface area contributed by atoms with Crippen LogP contribution in [0.2, 0.25) is 0 Å². The van der Waals surface area contributed by atoms with Crippen molar-refractivity contribution in [3.05, 3.63) is 35.4 Å². The fourth-order valence-electron chi connectivity index (χ4n) is 2.78. The number of hydrogen-bond acceptors (Lipinski definition) is 3. The second kappa shape index (κ2) is 7.69. The molecule has 0 spiro atoms. The van der Waals surface area contributed by atoms with E-state index < -0.39 is 17.7 Å². The number of amides is 2. The Morgan fingerprint density at radius 2 is 1.92 bits per heavy atom. The average molecular weight is 332 g/mol. The van der Waals surface area contributed by atoms with Crippen LogP contribution in [0.3, 0.4) is 0 Å². The van der Waals surface area contributed by atoms with Crippen LogP contribution in [0.25, 0.3) is 0 Å². The van der Waals surface area contributed by atoms with Gasteiger partial charge in [-0.25, -0.2) is 4.79 Å². The van der Waals surface area contributed by atoms with E-state index in [-0.39, 0.29) is 5.91 Å². The van der Waals surface area contributed by atoms with Crippen LogP contribution in [0.4, 0.5) is 4.79 Å². The van der Waals surface area contributed by atoms with Gasteiger partial charge in [-0.3, -0.25) is 9.69 Å². The molecule has 0 fully saturated rings. The molecule has 0 aromatic heterocycles. The van der Waals surface area contributed by atoms with Gasteiger partial charge in [0.05, 0.1) is 6.54 Å². The van der Waals surface area contributed by atoms with E-state index in [0.717, 1.165) is 24.0 Å². The average Bonchev–Trinajstić information content (AvgIpc) is 2.52. The fraction of sp³-hybridized carbons (Fsp3) is 0.579. The van der Waals surface area contributed by atoms with E-state index >= 15 is 0 Å². The summed E-state index contributed by atoms with van der Waals surface area (Å²) in [6.07, 6.45) is 2.03. The van der Waals surface area contributed by atoms with Crippen molar-refractivity contribution in [3.8, 4) is 0 Å². The molecule has 1 aliphatic rings. The Hall–Kier alpha value is -2.04. The van der Waals surface area contributed by atoms with Crippen LogP contribution in [-0.2, 0) is 22.5 Å². The van der Waals surface area contributed by atoms with Gasteiger partial charge >= 0.3 is 6.09 Å². The first-order chi connectivity index (χ1) is 11.3. The van der Waals surface area contributed by atoms with E-state index in [1.165, 1.54) is 0 Å².